The first kappa shape index (κ1) is 13.3. The summed E-state index contributed by atoms with van der Waals surface area (Å²) in [5, 5.41) is 8.73. The molecule has 0 bridgehead atoms. The van der Waals surface area contributed by atoms with E-state index in [1.807, 2.05) is 11.7 Å². The largest absolute Gasteiger partial charge is 0.318 e. The molecule has 0 radical (unpaired) electrons. The van der Waals surface area contributed by atoms with Crippen molar-refractivity contribution >= 4 is 15.9 Å². The second kappa shape index (κ2) is 5.24. The summed E-state index contributed by atoms with van der Waals surface area (Å²) in [5.41, 5.74) is 9.42. The van der Waals surface area contributed by atoms with E-state index in [9.17, 15) is 0 Å². The van der Waals surface area contributed by atoms with Gasteiger partial charge < -0.3 is 5.73 Å². The van der Waals surface area contributed by atoms with Crippen molar-refractivity contribution < 1.29 is 0 Å². The number of halogens is 1. The molecule has 2 rings (SSSR count). The second-order valence-corrected chi connectivity index (χ2v) is 5.06. The van der Waals surface area contributed by atoms with Gasteiger partial charge in [-0.1, -0.05) is 6.92 Å². The third-order valence-corrected chi connectivity index (χ3v) is 3.69. The zero-order chi connectivity index (χ0) is 13.3. The molecule has 98 valence electrons. The molecule has 18 heavy (non-hydrogen) atoms. The van der Waals surface area contributed by atoms with Crippen molar-refractivity contribution in [2.24, 2.45) is 12.8 Å². The highest BCUT2D eigenvalue weighted by atomic mass is 79.9. The van der Waals surface area contributed by atoms with Crippen LogP contribution in [0.1, 0.15) is 37.0 Å². The van der Waals surface area contributed by atoms with Crippen LogP contribution >= 0.6 is 15.9 Å². The molecule has 5 nitrogen and oxygen atoms in total. The van der Waals surface area contributed by atoms with Gasteiger partial charge in [-0.2, -0.15) is 10.2 Å². The molecule has 1 atom stereocenters. The van der Waals surface area contributed by atoms with Crippen LogP contribution < -0.4 is 5.73 Å². The fourth-order valence-electron chi connectivity index (χ4n) is 2.07. The summed E-state index contributed by atoms with van der Waals surface area (Å²) in [6.07, 6.45) is 2.68. The van der Waals surface area contributed by atoms with E-state index in [1.54, 1.807) is 10.9 Å². The minimum atomic E-state index is -0.223. The van der Waals surface area contributed by atoms with Gasteiger partial charge in [0, 0.05) is 13.6 Å². The molecule has 2 aromatic heterocycles. The molecule has 1 unspecified atom stereocenters. The number of nitrogens with zero attached hydrogens (tertiary/aromatic N) is 4. The molecule has 0 spiro atoms. The zero-order valence-corrected chi connectivity index (χ0v) is 12.5. The fourth-order valence-corrected chi connectivity index (χ4v) is 2.67. The van der Waals surface area contributed by atoms with Gasteiger partial charge in [-0.3, -0.25) is 9.36 Å². The Bertz CT molecular complexity index is 523. The van der Waals surface area contributed by atoms with Crippen LogP contribution in [0.4, 0.5) is 0 Å². The van der Waals surface area contributed by atoms with Gasteiger partial charge in [0.05, 0.1) is 33.8 Å². The average molecular weight is 312 g/mol. The lowest BCUT2D eigenvalue weighted by atomic mass is 10.1. The van der Waals surface area contributed by atoms with Gasteiger partial charge in [0.25, 0.3) is 0 Å². The Morgan fingerprint density at radius 1 is 1.44 bits per heavy atom. The van der Waals surface area contributed by atoms with Gasteiger partial charge in [-0.05, 0) is 35.3 Å². The smallest absolute Gasteiger partial charge is 0.0905 e. The van der Waals surface area contributed by atoms with E-state index in [1.165, 1.54) is 0 Å². The Morgan fingerprint density at radius 3 is 2.67 bits per heavy atom. The SMILES string of the molecule is CCc1cc(C(N)c2c(Br)cnn2C)n(CC)n1. The normalized spacial score (nSPS) is 12.9. The summed E-state index contributed by atoms with van der Waals surface area (Å²) in [6, 6.07) is 1.85. The Morgan fingerprint density at radius 2 is 2.17 bits per heavy atom. The van der Waals surface area contributed by atoms with E-state index in [-0.39, 0.29) is 6.04 Å². The molecule has 0 amide bonds. The van der Waals surface area contributed by atoms with E-state index in [2.05, 4.69) is 46.0 Å². The molecular weight excluding hydrogens is 294 g/mol. The van der Waals surface area contributed by atoms with Crippen LogP contribution in [0.3, 0.4) is 0 Å². The van der Waals surface area contributed by atoms with Crippen LogP contribution in [-0.4, -0.2) is 19.6 Å². The number of nitrogens with two attached hydrogens (primary N) is 1. The predicted octanol–water partition coefficient (Wildman–Crippen LogP) is 2.01. The molecule has 0 saturated heterocycles. The number of hydrogen-bond acceptors (Lipinski definition) is 3. The summed E-state index contributed by atoms with van der Waals surface area (Å²) in [7, 11) is 1.90. The van der Waals surface area contributed by atoms with Crippen LogP contribution in [0.15, 0.2) is 16.7 Å². The van der Waals surface area contributed by atoms with Crippen molar-refractivity contribution in [1.82, 2.24) is 19.6 Å². The van der Waals surface area contributed by atoms with Crippen molar-refractivity contribution in [2.45, 2.75) is 32.9 Å². The standard InChI is InChI=1S/C12H18BrN5/c1-4-8-6-10(18(5-2)16-8)11(14)12-9(13)7-15-17(12)3/h6-7,11H,4-5,14H2,1-3H3. The fraction of sp³-hybridized carbons (Fsp3) is 0.500. The average Bonchev–Trinajstić information content (AvgIpc) is 2.92. The summed E-state index contributed by atoms with van der Waals surface area (Å²) in [6.45, 7) is 4.98. The third-order valence-electron chi connectivity index (χ3n) is 3.07. The highest BCUT2D eigenvalue weighted by Crippen LogP contribution is 2.26. The molecule has 2 N–H and O–H groups in total. The minimum absolute atomic E-state index is 0.223. The first-order valence-corrected chi connectivity index (χ1v) is 6.87. The van der Waals surface area contributed by atoms with Crippen LogP contribution in [0.2, 0.25) is 0 Å². The zero-order valence-electron chi connectivity index (χ0n) is 10.9. The summed E-state index contributed by atoms with van der Waals surface area (Å²) < 4.78 is 4.69. The van der Waals surface area contributed by atoms with Gasteiger partial charge in [0.2, 0.25) is 0 Å². The summed E-state index contributed by atoms with van der Waals surface area (Å²) >= 11 is 3.49. The lowest BCUT2D eigenvalue weighted by Gasteiger charge is -2.14. The van der Waals surface area contributed by atoms with Crippen LogP contribution in [0, 0.1) is 0 Å². The van der Waals surface area contributed by atoms with Gasteiger partial charge in [0.15, 0.2) is 0 Å². The van der Waals surface area contributed by atoms with Crippen molar-refractivity contribution in [1.29, 1.82) is 0 Å². The first-order chi connectivity index (χ1) is 8.58. The monoisotopic (exact) mass is 311 g/mol. The summed E-state index contributed by atoms with van der Waals surface area (Å²) in [4.78, 5) is 0. The van der Waals surface area contributed by atoms with Gasteiger partial charge >= 0.3 is 0 Å². The Labute approximate surface area is 115 Å². The van der Waals surface area contributed by atoms with Crippen LogP contribution in [0.5, 0.6) is 0 Å². The van der Waals surface area contributed by atoms with Crippen molar-refractivity contribution in [3.05, 3.63) is 33.8 Å². The first-order valence-electron chi connectivity index (χ1n) is 6.08. The maximum Gasteiger partial charge on any atom is 0.0905 e. The van der Waals surface area contributed by atoms with E-state index in [0.717, 1.165) is 34.5 Å². The molecule has 0 aliphatic rings. The molecule has 6 heteroatoms. The maximum atomic E-state index is 6.36. The van der Waals surface area contributed by atoms with E-state index in [0.29, 0.717) is 0 Å². The summed E-state index contributed by atoms with van der Waals surface area (Å²) in [5.74, 6) is 0. The van der Waals surface area contributed by atoms with E-state index >= 15 is 0 Å². The Balaban J connectivity index is 2.45. The molecule has 0 aliphatic heterocycles. The minimum Gasteiger partial charge on any atom is -0.318 e. The number of aromatic nitrogens is 4. The van der Waals surface area contributed by atoms with Crippen molar-refractivity contribution in [3.63, 3.8) is 0 Å². The van der Waals surface area contributed by atoms with Gasteiger partial charge in [0.1, 0.15) is 0 Å². The van der Waals surface area contributed by atoms with Gasteiger partial charge in [-0.15, -0.1) is 0 Å². The number of aryl methyl sites for hydroxylation is 3. The number of hydrogen-bond donors (Lipinski definition) is 1. The number of rotatable bonds is 4. The Kier molecular flexibility index (Phi) is 3.87. The van der Waals surface area contributed by atoms with Crippen LogP contribution in [0.25, 0.3) is 0 Å². The van der Waals surface area contributed by atoms with Gasteiger partial charge in [-0.25, -0.2) is 0 Å². The molecule has 2 aromatic rings. The second-order valence-electron chi connectivity index (χ2n) is 4.21. The third kappa shape index (κ3) is 2.22. The van der Waals surface area contributed by atoms with Crippen LogP contribution in [-0.2, 0) is 20.0 Å². The van der Waals surface area contributed by atoms with Crippen molar-refractivity contribution in [2.75, 3.05) is 0 Å². The maximum absolute atomic E-state index is 6.36. The molecule has 0 aliphatic carbocycles. The highest BCUT2D eigenvalue weighted by molar-refractivity contribution is 9.10. The lowest BCUT2D eigenvalue weighted by molar-refractivity contribution is 0.574. The molecule has 0 saturated carbocycles. The van der Waals surface area contributed by atoms with E-state index < -0.39 is 0 Å². The predicted molar refractivity (Wildman–Crippen MR) is 74.2 cm³/mol. The van der Waals surface area contributed by atoms with E-state index in [4.69, 9.17) is 5.73 Å². The molecular formula is C12H18BrN5. The topological polar surface area (TPSA) is 61.7 Å². The molecule has 0 fully saturated rings. The lowest BCUT2D eigenvalue weighted by Crippen LogP contribution is -2.20. The Hall–Kier alpha value is -1.14. The van der Waals surface area contributed by atoms with Crippen molar-refractivity contribution in [3.8, 4) is 0 Å². The molecule has 0 aromatic carbocycles. The highest BCUT2D eigenvalue weighted by Gasteiger charge is 2.21. The quantitative estimate of drug-likeness (QED) is 0.939. The molecule has 2 heterocycles.